The lowest BCUT2D eigenvalue weighted by molar-refractivity contribution is -0.329. The van der Waals surface area contributed by atoms with Crippen LogP contribution in [0.1, 0.15) is 113 Å². The molecule has 2 aliphatic rings. The van der Waals surface area contributed by atoms with E-state index in [9.17, 15) is 19.8 Å². The molecule has 6 nitrogen and oxygen atoms in total. The fraction of sp³-hybridized carbons (Fsp3) is 0.923. The SMILES string of the molecule is CC1(C)CC(C(CCCCCC(=O)[O-])(C(=O)[O-])C2CC(C)(C)NC(C)(C)C2)CC(C)(C)N1. The van der Waals surface area contributed by atoms with Crippen LogP contribution in [0.5, 0.6) is 0 Å². The number of aliphatic carboxylic acids is 2. The van der Waals surface area contributed by atoms with Crippen LogP contribution < -0.4 is 20.8 Å². The molecule has 0 radical (unpaired) electrons. The molecule has 2 aliphatic heterocycles. The number of carbonyl (C=O) groups excluding carboxylic acids is 2. The standard InChI is InChI=1S/C26H48N2O4/c1-22(2)14-18(15-23(3,4)27-22)26(21(31)32,13-11-9-10-12-20(29)30)19-16-24(5,6)28-25(7,8)17-19/h18-19,27-28H,9-17H2,1-8H3,(H,29,30)(H,31,32)/p-2. The lowest BCUT2D eigenvalue weighted by Gasteiger charge is -2.59. The molecule has 0 aromatic heterocycles. The molecule has 0 unspecified atom stereocenters. The van der Waals surface area contributed by atoms with E-state index in [0.29, 0.717) is 25.7 Å². The molecule has 0 bridgehead atoms. The first-order chi connectivity index (χ1) is 14.4. The van der Waals surface area contributed by atoms with Crippen molar-refractivity contribution in [2.24, 2.45) is 17.3 Å². The van der Waals surface area contributed by atoms with Crippen molar-refractivity contribution in [2.45, 2.75) is 135 Å². The molecule has 0 aliphatic carbocycles. The van der Waals surface area contributed by atoms with E-state index in [0.717, 1.165) is 25.7 Å². The van der Waals surface area contributed by atoms with Crippen molar-refractivity contribution >= 4 is 11.9 Å². The van der Waals surface area contributed by atoms with Crippen molar-refractivity contribution in [3.05, 3.63) is 0 Å². The first-order valence-electron chi connectivity index (χ1n) is 12.4. The van der Waals surface area contributed by atoms with Crippen molar-refractivity contribution in [1.29, 1.82) is 0 Å². The average molecular weight is 451 g/mol. The zero-order valence-corrected chi connectivity index (χ0v) is 21.7. The quantitative estimate of drug-likeness (QED) is 0.523. The van der Waals surface area contributed by atoms with E-state index in [1.165, 1.54) is 0 Å². The van der Waals surface area contributed by atoms with E-state index in [-0.39, 0.29) is 40.4 Å². The van der Waals surface area contributed by atoms with Gasteiger partial charge in [-0.05, 0) is 112 Å². The number of rotatable bonds is 9. The number of piperidine rings is 2. The maximum atomic E-state index is 13.2. The predicted molar refractivity (Wildman–Crippen MR) is 124 cm³/mol. The van der Waals surface area contributed by atoms with E-state index in [4.69, 9.17) is 0 Å². The summed E-state index contributed by atoms with van der Waals surface area (Å²) in [5.41, 5.74) is -1.60. The van der Waals surface area contributed by atoms with E-state index in [2.05, 4.69) is 66.0 Å². The number of hydrogen-bond donors (Lipinski definition) is 2. The monoisotopic (exact) mass is 450 g/mol. The lowest BCUT2D eigenvalue weighted by Crippen LogP contribution is -2.67. The highest BCUT2D eigenvalue weighted by atomic mass is 16.4. The van der Waals surface area contributed by atoms with Gasteiger partial charge in [0.1, 0.15) is 0 Å². The lowest BCUT2D eigenvalue weighted by atomic mass is 9.52. The van der Waals surface area contributed by atoms with Gasteiger partial charge in [0.15, 0.2) is 0 Å². The van der Waals surface area contributed by atoms with Crippen molar-refractivity contribution < 1.29 is 19.8 Å². The van der Waals surface area contributed by atoms with Gasteiger partial charge in [-0.25, -0.2) is 0 Å². The topological polar surface area (TPSA) is 104 Å². The van der Waals surface area contributed by atoms with Crippen LogP contribution in [0.4, 0.5) is 0 Å². The molecule has 0 aromatic rings. The summed E-state index contributed by atoms with van der Waals surface area (Å²) in [5.74, 6) is -1.97. The van der Waals surface area contributed by atoms with Crippen LogP contribution in [0.2, 0.25) is 0 Å². The second-order valence-corrected chi connectivity index (χ2v) is 13.3. The van der Waals surface area contributed by atoms with E-state index in [1.54, 1.807) is 0 Å². The Hall–Kier alpha value is -1.14. The summed E-state index contributed by atoms with van der Waals surface area (Å²) in [6.45, 7) is 17.3. The van der Waals surface area contributed by atoms with Gasteiger partial charge in [0.25, 0.3) is 0 Å². The molecule has 6 heteroatoms. The summed E-state index contributed by atoms with van der Waals surface area (Å²) in [6.07, 6.45) is 5.62. The van der Waals surface area contributed by atoms with Gasteiger partial charge in [-0.3, -0.25) is 0 Å². The summed E-state index contributed by atoms with van der Waals surface area (Å²) in [6, 6.07) is 0. The molecule has 2 saturated heterocycles. The molecule has 0 amide bonds. The van der Waals surface area contributed by atoms with Crippen molar-refractivity contribution in [3.8, 4) is 0 Å². The highest BCUT2D eigenvalue weighted by Gasteiger charge is 2.55. The summed E-state index contributed by atoms with van der Waals surface area (Å²) in [4.78, 5) is 24.0. The fourth-order valence-electron chi connectivity index (χ4n) is 7.41. The van der Waals surface area contributed by atoms with Gasteiger partial charge in [0.05, 0.1) is 0 Å². The molecule has 0 atom stereocenters. The second-order valence-electron chi connectivity index (χ2n) is 13.3. The normalized spacial score (nSPS) is 25.4. The van der Waals surface area contributed by atoms with Gasteiger partial charge in [0.2, 0.25) is 0 Å². The maximum Gasteiger partial charge on any atom is 0.0481 e. The Morgan fingerprint density at radius 1 is 0.719 bits per heavy atom. The van der Waals surface area contributed by atoms with Crippen LogP contribution in [-0.2, 0) is 9.59 Å². The third kappa shape index (κ3) is 6.69. The molecule has 2 heterocycles. The van der Waals surface area contributed by atoms with Gasteiger partial charge in [-0.2, -0.15) is 0 Å². The Labute approximate surface area is 195 Å². The third-order valence-corrected chi connectivity index (χ3v) is 7.69. The molecule has 32 heavy (non-hydrogen) atoms. The largest absolute Gasteiger partial charge is 0.550 e. The highest BCUT2D eigenvalue weighted by molar-refractivity contribution is 5.73. The summed E-state index contributed by atoms with van der Waals surface area (Å²) in [5, 5.41) is 31.4. The Morgan fingerprint density at radius 2 is 1.09 bits per heavy atom. The number of nitrogens with one attached hydrogen (secondary N) is 2. The smallest absolute Gasteiger partial charge is 0.0481 e. The summed E-state index contributed by atoms with van der Waals surface area (Å²) < 4.78 is 0. The molecule has 186 valence electrons. The summed E-state index contributed by atoms with van der Waals surface area (Å²) in [7, 11) is 0. The van der Waals surface area contributed by atoms with E-state index in [1.807, 2.05) is 0 Å². The number of carboxylic acids is 2. The number of hydrogen-bond acceptors (Lipinski definition) is 6. The number of unbranched alkanes of at least 4 members (excludes halogenated alkanes) is 2. The van der Waals surface area contributed by atoms with Gasteiger partial charge in [-0.15, -0.1) is 0 Å². The van der Waals surface area contributed by atoms with Crippen LogP contribution in [0.25, 0.3) is 0 Å². The molecular weight excluding hydrogens is 404 g/mol. The zero-order valence-electron chi connectivity index (χ0n) is 21.7. The van der Waals surface area contributed by atoms with Crippen LogP contribution in [-0.4, -0.2) is 34.1 Å². The third-order valence-electron chi connectivity index (χ3n) is 7.69. The summed E-state index contributed by atoms with van der Waals surface area (Å²) >= 11 is 0. The maximum absolute atomic E-state index is 13.2. The van der Waals surface area contributed by atoms with Gasteiger partial charge in [-0.1, -0.05) is 12.8 Å². The Balaban J connectivity index is 2.45. The molecule has 0 saturated carbocycles. The predicted octanol–water partition coefficient (Wildman–Crippen LogP) is 2.54. The van der Waals surface area contributed by atoms with E-state index >= 15 is 0 Å². The Bertz CT molecular complexity index is 626. The second kappa shape index (κ2) is 9.25. The number of carbonyl (C=O) groups is 2. The first kappa shape index (κ1) is 27.1. The molecular formula is C26H46N2O4-2. The van der Waals surface area contributed by atoms with Crippen molar-refractivity contribution in [1.82, 2.24) is 10.6 Å². The minimum absolute atomic E-state index is 0.00501. The van der Waals surface area contributed by atoms with E-state index < -0.39 is 17.4 Å². The fourth-order valence-corrected chi connectivity index (χ4v) is 7.41. The van der Waals surface area contributed by atoms with Crippen molar-refractivity contribution in [3.63, 3.8) is 0 Å². The van der Waals surface area contributed by atoms with Gasteiger partial charge >= 0.3 is 0 Å². The van der Waals surface area contributed by atoms with Crippen LogP contribution >= 0.6 is 0 Å². The average Bonchev–Trinajstić information content (AvgIpc) is 2.51. The Morgan fingerprint density at radius 3 is 1.41 bits per heavy atom. The van der Waals surface area contributed by atoms with Crippen molar-refractivity contribution in [2.75, 3.05) is 0 Å². The number of carboxylic acid groups (broad SMARTS) is 2. The molecule has 2 rings (SSSR count). The first-order valence-corrected chi connectivity index (χ1v) is 12.4. The van der Waals surface area contributed by atoms with Gasteiger partial charge < -0.3 is 30.4 Å². The van der Waals surface area contributed by atoms with Crippen LogP contribution in [0, 0.1) is 17.3 Å². The zero-order chi connectivity index (χ0) is 24.6. The molecule has 2 fully saturated rings. The van der Waals surface area contributed by atoms with Gasteiger partial charge in [0, 0.05) is 39.5 Å². The molecule has 0 aromatic carbocycles. The minimum atomic E-state index is -1.04. The Kier molecular flexibility index (Phi) is 7.83. The molecule has 0 spiro atoms. The molecule has 2 N–H and O–H groups in total. The van der Waals surface area contributed by atoms with Crippen LogP contribution in [0.3, 0.4) is 0 Å². The highest BCUT2D eigenvalue weighted by Crippen LogP contribution is 2.55. The minimum Gasteiger partial charge on any atom is -0.550 e. The van der Waals surface area contributed by atoms with Crippen LogP contribution in [0.15, 0.2) is 0 Å².